The molecule has 4 nitrogen and oxygen atoms in total. The van der Waals surface area contributed by atoms with E-state index < -0.39 is 0 Å². The van der Waals surface area contributed by atoms with Gasteiger partial charge in [0.25, 0.3) is 0 Å². The lowest BCUT2D eigenvalue weighted by molar-refractivity contribution is -0.143. The summed E-state index contributed by atoms with van der Waals surface area (Å²) in [5.41, 5.74) is 0. The molecule has 4 heteroatoms. The predicted molar refractivity (Wildman–Crippen MR) is 59.7 cm³/mol. The van der Waals surface area contributed by atoms with E-state index in [2.05, 4.69) is 19.2 Å². The van der Waals surface area contributed by atoms with E-state index in [-0.39, 0.29) is 18.1 Å². The minimum Gasteiger partial charge on any atom is -0.468 e. The maximum atomic E-state index is 11.4. The van der Waals surface area contributed by atoms with Crippen LogP contribution in [0.3, 0.4) is 0 Å². The van der Waals surface area contributed by atoms with Crippen LogP contribution in [0.5, 0.6) is 0 Å². The van der Waals surface area contributed by atoms with Crippen molar-refractivity contribution in [2.45, 2.75) is 39.3 Å². The van der Waals surface area contributed by atoms with Gasteiger partial charge in [0.15, 0.2) is 0 Å². The summed E-state index contributed by atoms with van der Waals surface area (Å²) in [6.07, 6.45) is 0.722. The summed E-state index contributed by atoms with van der Waals surface area (Å²) in [4.78, 5) is 11.4. The fraction of sp³-hybridized carbons (Fsp3) is 0.909. The third-order valence-corrected chi connectivity index (χ3v) is 2.46. The molecule has 0 amide bonds. The van der Waals surface area contributed by atoms with E-state index in [4.69, 9.17) is 9.47 Å². The number of esters is 1. The summed E-state index contributed by atoms with van der Waals surface area (Å²) >= 11 is 0. The summed E-state index contributed by atoms with van der Waals surface area (Å²) in [7, 11) is 3.07. The molecule has 0 bridgehead atoms. The van der Waals surface area contributed by atoms with Gasteiger partial charge in [-0.25, -0.2) is 0 Å². The summed E-state index contributed by atoms with van der Waals surface area (Å²) in [5, 5.41) is 3.26. The molecule has 0 aromatic rings. The van der Waals surface area contributed by atoms with Gasteiger partial charge in [0.05, 0.1) is 13.7 Å². The topological polar surface area (TPSA) is 47.6 Å². The number of hydrogen-bond acceptors (Lipinski definition) is 4. The molecule has 0 radical (unpaired) electrons. The van der Waals surface area contributed by atoms with Gasteiger partial charge in [-0.05, 0) is 12.3 Å². The van der Waals surface area contributed by atoms with Crippen molar-refractivity contribution in [3.8, 4) is 0 Å². The first-order chi connectivity index (χ1) is 7.06. The van der Waals surface area contributed by atoms with Crippen molar-refractivity contribution in [3.63, 3.8) is 0 Å². The average molecular weight is 217 g/mol. The predicted octanol–water partition coefficient (Wildman–Crippen LogP) is 1.20. The number of methoxy groups -OCH3 is 2. The number of carbonyl (C=O) groups is 1. The van der Waals surface area contributed by atoms with Crippen molar-refractivity contribution < 1.29 is 14.3 Å². The van der Waals surface area contributed by atoms with Crippen LogP contribution < -0.4 is 5.32 Å². The normalized spacial score (nSPS) is 15.1. The molecule has 0 aliphatic heterocycles. The Balaban J connectivity index is 4.27. The minimum atomic E-state index is -0.238. The Morgan fingerprint density at radius 1 is 1.33 bits per heavy atom. The first-order valence-corrected chi connectivity index (χ1v) is 5.39. The lowest BCUT2D eigenvalue weighted by Crippen LogP contribution is -2.47. The zero-order valence-corrected chi connectivity index (χ0v) is 10.4. The molecule has 0 spiro atoms. The van der Waals surface area contributed by atoms with Gasteiger partial charge in [0.2, 0.25) is 0 Å². The average Bonchev–Trinajstić information content (AvgIpc) is 2.22. The van der Waals surface area contributed by atoms with Gasteiger partial charge in [0, 0.05) is 13.2 Å². The Labute approximate surface area is 92.3 Å². The van der Waals surface area contributed by atoms with Crippen LogP contribution in [0.1, 0.15) is 27.2 Å². The fourth-order valence-electron chi connectivity index (χ4n) is 1.37. The molecule has 0 aliphatic carbocycles. The Kier molecular flexibility index (Phi) is 7.34. The van der Waals surface area contributed by atoms with E-state index in [1.165, 1.54) is 7.11 Å². The van der Waals surface area contributed by atoms with Gasteiger partial charge in [-0.15, -0.1) is 0 Å². The van der Waals surface area contributed by atoms with Crippen molar-refractivity contribution >= 4 is 5.97 Å². The van der Waals surface area contributed by atoms with E-state index in [9.17, 15) is 4.79 Å². The molecule has 1 N–H and O–H groups in total. The number of rotatable bonds is 7. The number of ether oxygens (including phenoxy) is 2. The summed E-state index contributed by atoms with van der Waals surface area (Å²) in [6.45, 7) is 6.76. The summed E-state index contributed by atoms with van der Waals surface area (Å²) < 4.78 is 9.83. The van der Waals surface area contributed by atoms with E-state index in [1.54, 1.807) is 7.11 Å². The largest absolute Gasteiger partial charge is 0.468 e. The zero-order chi connectivity index (χ0) is 11.8. The van der Waals surface area contributed by atoms with Crippen molar-refractivity contribution in [2.24, 2.45) is 5.92 Å². The minimum absolute atomic E-state index is 0.180. The standard InChI is InChI=1S/C11H23NO3/c1-6-9(11(13)15-5)12-10(7-14-4)8(2)3/h8-10,12H,6-7H2,1-5H3/t9-,10+/m0/s1. The molecule has 0 fully saturated rings. The molecule has 2 atom stereocenters. The van der Waals surface area contributed by atoms with Gasteiger partial charge in [-0.2, -0.15) is 0 Å². The smallest absolute Gasteiger partial charge is 0.322 e. The van der Waals surface area contributed by atoms with Crippen molar-refractivity contribution in [2.75, 3.05) is 20.8 Å². The molecule has 0 heterocycles. The van der Waals surface area contributed by atoms with Crippen LogP contribution in [0, 0.1) is 5.92 Å². The van der Waals surface area contributed by atoms with Crippen LogP contribution in [-0.2, 0) is 14.3 Å². The number of nitrogens with one attached hydrogen (secondary N) is 1. The van der Waals surface area contributed by atoms with E-state index in [1.807, 2.05) is 6.92 Å². The van der Waals surface area contributed by atoms with Crippen molar-refractivity contribution in [1.82, 2.24) is 5.32 Å². The Morgan fingerprint density at radius 2 is 1.93 bits per heavy atom. The van der Waals surface area contributed by atoms with E-state index in [0.717, 1.165) is 6.42 Å². The van der Waals surface area contributed by atoms with Gasteiger partial charge in [-0.1, -0.05) is 20.8 Å². The highest BCUT2D eigenvalue weighted by Gasteiger charge is 2.22. The quantitative estimate of drug-likeness (QED) is 0.651. The van der Waals surface area contributed by atoms with Crippen LogP contribution in [-0.4, -0.2) is 38.9 Å². The SMILES string of the molecule is CC[C@H](N[C@H](COC)C(C)C)C(=O)OC. The number of carbonyl (C=O) groups excluding carboxylic acids is 1. The first-order valence-electron chi connectivity index (χ1n) is 5.39. The lowest BCUT2D eigenvalue weighted by Gasteiger charge is -2.25. The second kappa shape index (κ2) is 7.65. The summed E-state index contributed by atoms with van der Waals surface area (Å²) in [6, 6.07) is -0.0587. The monoisotopic (exact) mass is 217 g/mol. The Bertz CT molecular complexity index is 183. The summed E-state index contributed by atoms with van der Waals surface area (Å²) in [5.74, 6) is 0.211. The highest BCUT2D eigenvalue weighted by molar-refractivity contribution is 5.75. The van der Waals surface area contributed by atoms with Gasteiger partial charge < -0.3 is 9.47 Å². The lowest BCUT2D eigenvalue weighted by atomic mass is 10.0. The maximum absolute atomic E-state index is 11.4. The van der Waals surface area contributed by atoms with E-state index >= 15 is 0 Å². The highest BCUT2D eigenvalue weighted by atomic mass is 16.5. The Morgan fingerprint density at radius 3 is 2.27 bits per heavy atom. The fourth-order valence-corrected chi connectivity index (χ4v) is 1.37. The van der Waals surface area contributed by atoms with Gasteiger partial charge in [0.1, 0.15) is 6.04 Å². The van der Waals surface area contributed by atoms with Crippen LogP contribution in [0.15, 0.2) is 0 Å². The molecule has 0 aromatic heterocycles. The molecule has 0 saturated heterocycles. The van der Waals surface area contributed by atoms with Crippen molar-refractivity contribution in [3.05, 3.63) is 0 Å². The Hall–Kier alpha value is -0.610. The highest BCUT2D eigenvalue weighted by Crippen LogP contribution is 2.05. The molecule has 0 aromatic carbocycles. The molecule has 0 rings (SSSR count). The molecule has 90 valence electrons. The van der Waals surface area contributed by atoms with Crippen molar-refractivity contribution in [1.29, 1.82) is 0 Å². The van der Waals surface area contributed by atoms with Crippen LogP contribution in [0.25, 0.3) is 0 Å². The van der Waals surface area contributed by atoms with Gasteiger partial charge >= 0.3 is 5.97 Å². The third-order valence-electron chi connectivity index (χ3n) is 2.46. The van der Waals surface area contributed by atoms with E-state index in [0.29, 0.717) is 12.5 Å². The maximum Gasteiger partial charge on any atom is 0.322 e. The third kappa shape index (κ3) is 5.14. The molecule has 15 heavy (non-hydrogen) atoms. The molecular formula is C11H23NO3. The second-order valence-corrected chi connectivity index (χ2v) is 3.96. The molecule has 0 unspecified atom stereocenters. The molecule has 0 aliphatic rings. The number of hydrogen-bond donors (Lipinski definition) is 1. The van der Waals surface area contributed by atoms with Gasteiger partial charge in [-0.3, -0.25) is 10.1 Å². The first kappa shape index (κ1) is 14.4. The molecular weight excluding hydrogens is 194 g/mol. The van der Waals surface area contributed by atoms with Crippen LogP contribution in [0.2, 0.25) is 0 Å². The zero-order valence-electron chi connectivity index (χ0n) is 10.4. The van der Waals surface area contributed by atoms with Crippen LogP contribution >= 0.6 is 0 Å². The second-order valence-electron chi connectivity index (χ2n) is 3.96. The molecule has 0 saturated carbocycles. The van der Waals surface area contributed by atoms with Crippen LogP contribution in [0.4, 0.5) is 0 Å².